The van der Waals surface area contributed by atoms with Gasteiger partial charge in [0.15, 0.2) is 0 Å². The predicted octanol–water partition coefficient (Wildman–Crippen LogP) is 0.853. The van der Waals surface area contributed by atoms with Gasteiger partial charge >= 0.3 is 0 Å². The molecular weight excluding hydrogens is 416 g/mol. The smallest absolute Gasteiger partial charge is 0.264 e. The fourth-order valence-electron chi connectivity index (χ4n) is 2.90. The minimum Gasteiger partial charge on any atom is -0.497 e. The molecule has 0 aromatic heterocycles. The highest BCUT2D eigenvalue weighted by Crippen LogP contribution is 2.33. The van der Waals surface area contributed by atoms with Gasteiger partial charge in [-0.2, -0.15) is 8.42 Å². The summed E-state index contributed by atoms with van der Waals surface area (Å²) in [6.07, 6.45) is 0.905. The van der Waals surface area contributed by atoms with Gasteiger partial charge in [0.25, 0.3) is 16.0 Å². The zero-order valence-electron chi connectivity index (χ0n) is 17.9. The Morgan fingerprint density at radius 1 is 1.20 bits per heavy atom. The van der Waals surface area contributed by atoms with Gasteiger partial charge in [0.2, 0.25) is 5.91 Å². The normalized spacial score (nSPS) is 19.3. The third-order valence-corrected chi connectivity index (χ3v) is 4.93. The zero-order chi connectivity index (χ0) is 22.7. The van der Waals surface area contributed by atoms with Crippen molar-refractivity contribution >= 4 is 21.9 Å². The van der Waals surface area contributed by atoms with E-state index in [4.69, 9.17) is 18.5 Å². The molecule has 1 saturated heterocycles. The Labute approximate surface area is 176 Å². The van der Waals surface area contributed by atoms with Gasteiger partial charge in [-0.05, 0) is 32.9 Å². The van der Waals surface area contributed by atoms with Crippen LogP contribution in [0.4, 0.5) is 0 Å². The number of β-lactam (4-membered cyclic amide) rings is 1. The van der Waals surface area contributed by atoms with Crippen LogP contribution in [0.5, 0.6) is 11.5 Å². The van der Waals surface area contributed by atoms with E-state index in [0.29, 0.717) is 17.1 Å². The van der Waals surface area contributed by atoms with E-state index in [0.717, 1.165) is 6.26 Å². The van der Waals surface area contributed by atoms with E-state index in [1.165, 1.54) is 19.1 Å². The van der Waals surface area contributed by atoms with E-state index in [1.54, 1.807) is 39.0 Å². The quantitative estimate of drug-likeness (QED) is 0.258. The Balaban J connectivity index is 2.21. The number of rotatable bonds is 9. The van der Waals surface area contributed by atoms with E-state index in [9.17, 15) is 18.0 Å². The molecule has 0 aliphatic carbocycles. The summed E-state index contributed by atoms with van der Waals surface area (Å²) in [4.78, 5) is 31.8. The number of carbonyl (C=O) groups is 2. The SMILES string of the molecule is COc1ccc(CN2C(=O)C(C(=O)NOC(C)(C)C)C2COS(C)(=O)=O)c(OC)c1. The third kappa shape index (κ3) is 6.07. The number of hydrogen-bond donors (Lipinski definition) is 1. The van der Waals surface area contributed by atoms with Gasteiger partial charge in [-0.1, -0.05) is 0 Å². The van der Waals surface area contributed by atoms with Crippen molar-refractivity contribution in [3.63, 3.8) is 0 Å². The molecule has 1 aliphatic rings. The van der Waals surface area contributed by atoms with Crippen LogP contribution in [0.25, 0.3) is 0 Å². The largest absolute Gasteiger partial charge is 0.497 e. The summed E-state index contributed by atoms with van der Waals surface area (Å²) >= 11 is 0. The van der Waals surface area contributed by atoms with E-state index in [2.05, 4.69) is 5.48 Å². The number of nitrogens with zero attached hydrogens (tertiary/aromatic N) is 1. The van der Waals surface area contributed by atoms with Gasteiger partial charge in [0.05, 0.1) is 38.7 Å². The van der Waals surface area contributed by atoms with Crippen molar-refractivity contribution in [1.29, 1.82) is 0 Å². The van der Waals surface area contributed by atoms with Crippen molar-refractivity contribution in [3.8, 4) is 11.5 Å². The summed E-state index contributed by atoms with van der Waals surface area (Å²) in [6, 6.07) is 4.33. The van der Waals surface area contributed by atoms with Crippen molar-refractivity contribution in [2.24, 2.45) is 5.92 Å². The van der Waals surface area contributed by atoms with Gasteiger partial charge in [0, 0.05) is 18.2 Å². The molecule has 2 unspecified atom stereocenters. The molecule has 168 valence electrons. The highest BCUT2D eigenvalue weighted by atomic mass is 32.2. The highest BCUT2D eigenvalue weighted by molar-refractivity contribution is 7.85. The first-order valence-electron chi connectivity index (χ1n) is 9.20. The first-order valence-corrected chi connectivity index (χ1v) is 11.0. The van der Waals surface area contributed by atoms with Gasteiger partial charge in [-0.15, -0.1) is 0 Å². The molecule has 0 radical (unpaired) electrons. The molecule has 1 N–H and O–H groups in total. The van der Waals surface area contributed by atoms with Crippen LogP contribution in [-0.2, 0) is 35.3 Å². The average molecular weight is 445 g/mol. The molecule has 0 bridgehead atoms. The molecule has 11 heteroatoms. The Bertz CT molecular complexity index is 894. The summed E-state index contributed by atoms with van der Waals surface area (Å²) < 4.78 is 38.3. The van der Waals surface area contributed by atoms with Crippen LogP contribution in [0.1, 0.15) is 26.3 Å². The van der Waals surface area contributed by atoms with E-state index in [1.807, 2.05) is 0 Å². The van der Waals surface area contributed by atoms with Gasteiger partial charge in [0.1, 0.15) is 17.4 Å². The monoisotopic (exact) mass is 444 g/mol. The van der Waals surface area contributed by atoms with Crippen LogP contribution in [0.15, 0.2) is 18.2 Å². The molecule has 1 aliphatic heterocycles. The number of hydrogen-bond acceptors (Lipinski definition) is 8. The van der Waals surface area contributed by atoms with E-state index < -0.39 is 39.5 Å². The topological polar surface area (TPSA) is 120 Å². The fraction of sp³-hybridized carbons (Fsp3) is 0.579. The third-order valence-electron chi connectivity index (χ3n) is 4.36. The molecule has 0 saturated carbocycles. The minimum absolute atomic E-state index is 0.105. The number of likely N-dealkylation sites (tertiary alicyclic amines) is 1. The molecule has 10 nitrogen and oxygen atoms in total. The zero-order valence-corrected chi connectivity index (χ0v) is 18.7. The van der Waals surface area contributed by atoms with E-state index in [-0.39, 0.29) is 13.2 Å². The lowest BCUT2D eigenvalue weighted by molar-refractivity contribution is -0.174. The standard InChI is InChI=1S/C19H28N2O8S/c1-19(2,3)29-20-17(22)16-14(11-28-30(6,24)25)21(18(16)23)10-12-7-8-13(26-4)9-15(12)27-5/h7-9,14,16H,10-11H2,1-6H3,(H,20,22). The second kappa shape index (κ2) is 9.19. The lowest BCUT2D eigenvalue weighted by Crippen LogP contribution is -2.66. The minimum atomic E-state index is -3.76. The number of carbonyl (C=O) groups excluding carboxylic acids is 2. The molecule has 2 rings (SSSR count). The van der Waals surface area contributed by atoms with Crippen molar-refractivity contribution in [2.45, 2.75) is 39.0 Å². The lowest BCUT2D eigenvalue weighted by Gasteiger charge is -2.46. The van der Waals surface area contributed by atoms with Crippen LogP contribution >= 0.6 is 0 Å². The number of ether oxygens (including phenoxy) is 2. The maximum atomic E-state index is 12.7. The van der Waals surface area contributed by atoms with E-state index >= 15 is 0 Å². The number of hydroxylamine groups is 1. The van der Waals surface area contributed by atoms with Crippen molar-refractivity contribution in [1.82, 2.24) is 10.4 Å². The fourth-order valence-corrected chi connectivity index (χ4v) is 3.29. The van der Waals surface area contributed by atoms with Crippen LogP contribution < -0.4 is 15.0 Å². The molecule has 0 spiro atoms. The molecule has 1 heterocycles. The molecule has 2 amide bonds. The Kier molecular flexibility index (Phi) is 7.32. The molecule has 1 fully saturated rings. The van der Waals surface area contributed by atoms with Crippen LogP contribution in [0.3, 0.4) is 0 Å². The summed E-state index contributed by atoms with van der Waals surface area (Å²) in [5, 5.41) is 0. The summed E-state index contributed by atoms with van der Waals surface area (Å²) in [5.41, 5.74) is 2.28. The highest BCUT2D eigenvalue weighted by Gasteiger charge is 2.52. The van der Waals surface area contributed by atoms with Crippen molar-refractivity contribution in [3.05, 3.63) is 23.8 Å². The maximum Gasteiger partial charge on any atom is 0.264 e. The molecule has 2 atom stereocenters. The Hall–Kier alpha value is -2.37. The second-order valence-corrected chi connectivity index (χ2v) is 9.50. The van der Waals surface area contributed by atoms with Crippen molar-refractivity contribution in [2.75, 3.05) is 27.1 Å². The Morgan fingerprint density at radius 3 is 2.40 bits per heavy atom. The molecular formula is C19H28N2O8S. The summed E-state index contributed by atoms with van der Waals surface area (Å²) in [5.74, 6) is -1.17. The average Bonchev–Trinajstić information content (AvgIpc) is 2.65. The molecule has 1 aromatic rings. The molecule has 1 aromatic carbocycles. The predicted molar refractivity (Wildman–Crippen MR) is 107 cm³/mol. The molecule has 30 heavy (non-hydrogen) atoms. The van der Waals surface area contributed by atoms with Gasteiger partial charge in [-0.25, -0.2) is 5.48 Å². The first kappa shape index (κ1) is 23.9. The number of benzene rings is 1. The number of amides is 2. The maximum absolute atomic E-state index is 12.7. The number of methoxy groups -OCH3 is 2. The summed E-state index contributed by atoms with van der Waals surface area (Å²) in [6.45, 7) is 4.97. The van der Waals surface area contributed by atoms with Gasteiger partial charge < -0.3 is 14.4 Å². The first-order chi connectivity index (χ1) is 13.9. The summed E-state index contributed by atoms with van der Waals surface area (Å²) in [7, 11) is -0.748. The van der Waals surface area contributed by atoms with Crippen molar-refractivity contribution < 1.29 is 36.5 Å². The second-order valence-electron chi connectivity index (χ2n) is 7.86. The van der Waals surface area contributed by atoms with Crippen LogP contribution in [-0.4, -0.2) is 63.9 Å². The lowest BCUT2D eigenvalue weighted by atomic mass is 9.86. The van der Waals surface area contributed by atoms with Crippen LogP contribution in [0.2, 0.25) is 0 Å². The Morgan fingerprint density at radius 2 is 1.87 bits per heavy atom. The van der Waals surface area contributed by atoms with Gasteiger partial charge in [-0.3, -0.25) is 18.6 Å². The number of nitrogens with one attached hydrogen (secondary N) is 1. The van der Waals surface area contributed by atoms with Crippen LogP contribution in [0, 0.1) is 5.92 Å².